The maximum Gasteiger partial charge on any atom is 0.233 e. The van der Waals surface area contributed by atoms with E-state index >= 15 is 0 Å². The van der Waals surface area contributed by atoms with E-state index in [1.165, 1.54) is 17.3 Å². The van der Waals surface area contributed by atoms with E-state index in [0.29, 0.717) is 34.1 Å². The first-order chi connectivity index (χ1) is 14.0. The van der Waals surface area contributed by atoms with Crippen molar-refractivity contribution in [1.29, 1.82) is 0 Å². The van der Waals surface area contributed by atoms with Crippen LogP contribution >= 0.6 is 23.4 Å². The van der Waals surface area contributed by atoms with Gasteiger partial charge in [-0.3, -0.25) is 4.79 Å². The number of para-hydroxylation sites is 1. The van der Waals surface area contributed by atoms with Crippen LogP contribution in [0.25, 0.3) is 0 Å². The fourth-order valence-corrected chi connectivity index (χ4v) is 3.73. The molecular weight excluding hydrogens is 408 g/mol. The second kappa shape index (κ2) is 9.80. The number of carbonyl (C=O) groups is 1. The molecular formula is C21H23ClN4O2S. The van der Waals surface area contributed by atoms with Gasteiger partial charge >= 0.3 is 0 Å². The lowest BCUT2D eigenvalue weighted by atomic mass is 10.1. The molecule has 6 nitrogen and oxygen atoms in total. The molecule has 0 spiro atoms. The van der Waals surface area contributed by atoms with Gasteiger partial charge in [0.25, 0.3) is 0 Å². The molecule has 3 aromatic rings. The number of ether oxygens (including phenoxy) is 1. The number of hydrogen-bond donors (Lipinski definition) is 0. The molecule has 0 N–H and O–H groups in total. The van der Waals surface area contributed by atoms with Gasteiger partial charge in [-0.2, -0.15) is 0 Å². The topological polar surface area (TPSA) is 60.3 Å². The summed E-state index contributed by atoms with van der Waals surface area (Å²) in [5.74, 6) is 1.59. The number of thioether (sulfide) groups is 1. The summed E-state index contributed by atoms with van der Waals surface area (Å²) >= 11 is 7.46. The lowest BCUT2D eigenvalue weighted by Gasteiger charge is -2.18. The van der Waals surface area contributed by atoms with Crippen LogP contribution in [0.5, 0.6) is 5.75 Å². The Hall–Kier alpha value is -2.51. The minimum Gasteiger partial charge on any atom is -0.484 e. The Bertz CT molecular complexity index is 992. The van der Waals surface area contributed by atoms with Gasteiger partial charge in [-0.1, -0.05) is 59.8 Å². The van der Waals surface area contributed by atoms with E-state index in [1.807, 2.05) is 62.0 Å². The predicted octanol–water partition coefficient (Wildman–Crippen LogP) is 4.11. The van der Waals surface area contributed by atoms with E-state index in [4.69, 9.17) is 16.3 Å². The van der Waals surface area contributed by atoms with Crippen LogP contribution < -0.4 is 4.74 Å². The normalized spacial score (nSPS) is 10.8. The second-order valence-electron chi connectivity index (χ2n) is 6.64. The summed E-state index contributed by atoms with van der Waals surface area (Å²) in [6, 6.07) is 15.4. The second-order valence-corrected chi connectivity index (χ2v) is 7.99. The molecule has 2 aromatic carbocycles. The van der Waals surface area contributed by atoms with Gasteiger partial charge in [0, 0.05) is 20.6 Å². The third kappa shape index (κ3) is 5.52. The fourth-order valence-electron chi connectivity index (χ4n) is 2.67. The van der Waals surface area contributed by atoms with Crippen molar-refractivity contribution in [3.05, 3.63) is 70.5 Å². The first kappa shape index (κ1) is 21.2. The summed E-state index contributed by atoms with van der Waals surface area (Å²) in [7, 11) is 3.67. The van der Waals surface area contributed by atoms with Crippen molar-refractivity contribution in [2.45, 2.75) is 25.2 Å². The molecule has 3 rings (SSSR count). The number of hydrogen-bond acceptors (Lipinski definition) is 5. The average molecular weight is 431 g/mol. The lowest BCUT2D eigenvalue weighted by Crippen LogP contribution is -2.28. The van der Waals surface area contributed by atoms with Crippen LogP contribution in [0.3, 0.4) is 0 Å². The molecule has 0 aliphatic rings. The summed E-state index contributed by atoms with van der Waals surface area (Å²) in [6.45, 7) is 2.88. The van der Waals surface area contributed by atoms with Gasteiger partial charge in [0.05, 0.1) is 10.8 Å². The quantitative estimate of drug-likeness (QED) is 0.503. The number of aryl methyl sites for hydroxylation is 1. The maximum absolute atomic E-state index is 12.5. The number of amides is 1. The van der Waals surface area contributed by atoms with Crippen LogP contribution in [-0.2, 0) is 25.0 Å². The molecule has 0 saturated heterocycles. The monoisotopic (exact) mass is 430 g/mol. The minimum atomic E-state index is 0.0371. The summed E-state index contributed by atoms with van der Waals surface area (Å²) in [5.41, 5.74) is 2.32. The van der Waals surface area contributed by atoms with E-state index in [9.17, 15) is 4.79 Å². The number of halogens is 1. The number of nitrogens with zero attached hydrogens (tertiary/aromatic N) is 4. The molecule has 0 radical (unpaired) electrons. The molecule has 1 aromatic heterocycles. The Kier molecular flexibility index (Phi) is 7.17. The van der Waals surface area contributed by atoms with E-state index in [0.717, 1.165) is 5.56 Å². The van der Waals surface area contributed by atoms with Crippen molar-refractivity contribution < 1.29 is 9.53 Å². The molecule has 0 unspecified atom stereocenters. The maximum atomic E-state index is 12.5. The van der Waals surface area contributed by atoms with Crippen molar-refractivity contribution in [2.24, 2.45) is 7.05 Å². The summed E-state index contributed by atoms with van der Waals surface area (Å²) < 4.78 is 7.55. The average Bonchev–Trinajstić information content (AvgIpc) is 3.06. The third-order valence-corrected chi connectivity index (χ3v) is 5.86. The van der Waals surface area contributed by atoms with Gasteiger partial charge in [-0.15, -0.1) is 10.2 Å². The molecule has 0 aliphatic carbocycles. The van der Waals surface area contributed by atoms with Gasteiger partial charge in [0.1, 0.15) is 12.4 Å². The van der Waals surface area contributed by atoms with Crippen LogP contribution in [0.4, 0.5) is 0 Å². The number of benzene rings is 2. The van der Waals surface area contributed by atoms with Crippen molar-refractivity contribution in [2.75, 3.05) is 12.8 Å². The summed E-state index contributed by atoms with van der Waals surface area (Å²) in [4.78, 5) is 14.2. The Morgan fingerprint density at radius 1 is 1.17 bits per heavy atom. The molecule has 0 aliphatic heterocycles. The third-order valence-electron chi connectivity index (χ3n) is 4.54. The Morgan fingerprint density at radius 3 is 2.66 bits per heavy atom. The van der Waals surface area contributed by atoms with Crippen LogP contribution in [-0.4, -0.2) is 38.4 Å². The van der Waals surface area contributed by atoms with E-state index < -0.39 is 0 Å². The molecule has 0 fully saturated rings. The van der Waals surface area contributed by atoms with E-state index in [2.05, 4.69) is 10.2 Å². The van der Waals surface area contributed by atoms with Crippen molar-refractivity contribution in [3.63, 3.8) is 0 Å². The summed E-state index contributed by atoms with van der Waals surface area (Å²) in [5, 5.41) is 9.55. The summed E-state index contributed by atoms with van der Waals surface area (Å²) in [6.07, 6.45) is 0. The van der Waals surface area contributed by atoms with Crippen LogP contribution in [0.1, 0.15) is 17.0 Å². The highest BCUT2D eigenvalue weighted by Gasteiger charge is 2.15. The highest BCUT2D eigenvalue weighted by molar-refractivity contribution is 7.99. The molecule has 0 bridgehead atoms. The molecule has 8 heteroatoms. The van der Waals surface area contributed by atoms with Crippen molar-refractivity contribution >= 4 is 29.3 Å². The standard InChI is InChI=1S/C21H23ClN4O2S/c1-15-8-4-5-9-16(15)12-25(2)20(27)14-29-21-24-23-19(26(21)3)13-28-18-11-7-6-10-17(18)22/h4-11H,12-14H2,1-3H3. The first-order valence-electron chi connectivity index (χ1n) is 9.12. The smallest absolute Gasteiger partial charge is 0.233 e. The first-order valence-corrected chi connectivity index (χ1v) is 10.5. The number of rotatable bonds is 8. The van der Waals surface area contributed by atoms with Gasteiger partial charge in [-0.05, 0) is 30.2 Å². The van der Waals surface area contributed by atoms with Crippen molar-refractivity contribution in [1.82, 2.24) is 19.7 Å². The van der Waals surface area contributed by atoms with Gasteiger partial charge in [-0.25, -0.2) is 0 Å². The van der Waals surface area contributed by atoms with Crippen LogP contribution in [0, 0.1) is 6.92 Å². The molecule has 0 atom stereocenters. The lowest BCUT2D eigenvalue weighted by molar-refractivity contribution is -0.127. The zero-order valence-corrected chi connectivity index (χ0v) is 18.2. The predicted molar refractivity (Wildman–Crippen MR) is 115 cm³/mol. The fraction of sp³-hybridized carbons (Fsp3) is 0.286. The van der Waals surface area contributed by atoms with E-state index in [-0.39, 0.29) is 12.5 Å². The zero-order chi connectivity index (χ0) is 20.8. The highest BCUT2D eigenvalue weighted by atomic mass is 35.5. The largest absolute Gasteiger partial charge is 0.484 e. The van der Waals surface area contributed by atoms with Crippen LogP contribution in [0.15, 0.2) is 53.7 Å². The molecule has 1 amide bonds. The van der Waals surface area contributed by atoms with Gasteiger partial charge < -0.3 is 14.2 Å². The van der Waals surface area contributed by atoms with Crippen molar-refractivity contribution in [3.8, 4) is 5.75 Å². The number of carbonyl (C=O) groups excluding carboxylic acids is 1. The molecule has 152 valence electrons. The Morgan fingerprint density at radius 2 is 1.90 bits per heavy atom. The Labute approximate surface area is 179 Å². The molecule has 0 saturated carbocycles. The number of aromatic nitrogens is 3. The molecule has 29 heavy (non-hydrogen) atoms. The van der Waals surface area contributed by atoms with Gasteiger partial charge in [0.15, 0.2) is 11.0 Å². The Balaban J connectivity index is 1.53. The molecule has 1 heterocycles. The SMILES string of the molecule is Cc1ccccc1CN(C)C(=O)CSc1nnc(COc2ccccc2Cl)n1C. The minimum absolute atomic E-state index is 0.0371. The van der Waals surface area contributed by atoms with Gasteiger partial charge in [0.2, 0.25) is 5.91 Å². The van der Waals surface area contributed by atoms with Crippen LogP contribution in [0.2, 0.25) is 5.02 Å². The highest BCUT2D eigenvalue weighted by Crippen LogP contribution is 2.24. The van der Waals surface area contributed by atoms with E-state index in [1.54, 1.807) is 17.0 Å². The zero-order valence-electron chi connectivity index (χ0n) is 16.6.